The monoisotopic (exact) mass is 506 g/mol. The quantitative estimate of drug-likeness (QED) is 0.540. The van der Waals surface area contributed by atoms with Gasteiger partial charge in [0.1, 0.15) is 5.75 Å². The highest BCUT2D eigenvalue weighted by molar-refractivity contribution is 7.89. The molecule has 2 aliphatic rings. The predicted molar refractivity (Wildman–Crippen MR) is 142 cm³/mol. The van der Waals surface area contributed by atoms with Crippen LogP contribution in [0.4, 0.5) is 0 Å². The van der Waals surface area contributed by atoms with Crippen molar-refractivity contribution in [3.63, 3.8) is 0 Å². The molecule has 3 aromatic rings. The Bertz CT molecular complexity index is 1310. The Morgan fingerprint density at radius 2 is 1.64 bits per heavy atom. The topological polar surface area (TPSA) is 70.1 Å². The number of benzene rings is 3. The molecule has 0 spiro atoms. The van der Waals surface area contributed by atoms with Crippen LogP contribution in [-0.2, 0) is 10.0 Å². The number of aryl methyl sites for hydroxylation is 1. The lowest BCUT2D eigenvalue weighted by molar-refractivity contribution is -0.0553. The van der Waals surface area contributed by atoms with Crippen LogP contribution in [0.1, 0.15) is 29.9 Å². The van der Waals surface area contributed by atoms with Crippen molar-refractivity contribution in [2.45, 2.75) is 42.7 Å². The van der Waals surface area contributed by atoms with E-state index in [1.165, 1.54) is 0 Å². The Hall–Kier alpha value is -2.71. The number of methoxy groups -OCH3 is 1. The fourth-order valence-corrected chi connectivity index (χ4v) is 7.60. The minimum atomic E-state index is -3.60. The van der Waals surface area contributed by atoms with Gasteiger partial charge in [-0.25, -0.2) is 8.42 Å². The van der Waals surface area contributed by atoms with Crippen LogP contribution < -0.4 is 4.74 Å². The normalized spacial score (nSPS) is 23.2. The number of hydrogen-bond donors (Lipinski definition) is 1. The van der Waals surface area contributed by atoms with Gasteiger partial charge in [-0.15, -0.1) is 0 Å². The lowest BCUT2D eigenvalue weighted by Gasteiger charge is -2.57. The van der Waals surface area contributed by atoms with Crippen LogP contribution in [0.5, 0.6) is 5.75 Å². The van der Waals surface area contributed by atoms with Gasteiger partial charge < -0.3 is 9.84 Å². The minimum absolute atomic E-state index is 0.00627. The molecule has 7 heteroatoms. The van der Waals surface area contributed by atoms with Crippen LogP contribution in [0, 0.1) is 6.92 Å². The summed E-state index contributed by atoms with van der Waals surface area (Å²) in [5.41, 5.74) is 3.99. The van der Waals surface area contributed by atoms with Crippen molar-refractivity contribution < 1.29 is 18.3 Å². The molecule has 3 aromatic carbocycles. The molecule has 2 saturated heterocycles. The van der Waals surface area contributed by atoms with E-state index < -0.39 is 10.0 Å². The summed E-state index contributed by atoms with van der Waals surface area (Å²) in [5, 5.41) is 10.3. The number of nitrogens with zero attached hydrogens (tertiary/aromatic N) is 2. The first-order valence-electron chi connectivity index (χ1n) is 12.6. The number of sulfonamides is 1. The van der Waals surface area contributed by atoms with Gasteiger partial charge in [-0.1, -0.05) is 60.7 Å². The molecule has 2 fully saturated rings. The molecule has 0 saturated carbocycles. The van der Waals surface area contributed by atoms with Crippen molar-refractivity contribution in [3.8, 4) is 16.9 Å². The lowest BCUT2D eigenvalue weighted by Crippen LogP contribution is -2.67. The molecule has 6 nitrogen and oxygen atoms in total. The van der Waals surface area contributed by atoms with Crippen molar-refractivity contribution in [1.29, 1.82) is 0 Å². The Morgan fingerprint density at radius 1 is 0.944 bits per heavy atom. The summed E-state index contributed by atoms with van der Waals surface area (Å²) in [4.78, 5) is 2.69. The number of aliphatic hydroxyl groups is 1. The van der Waals surface area contributed by atoms with Gasteiger partial charge in [0.05, 0.1) is 18.6 Å². The van der Waals surface area contributed by atoms with E-state index in [-0.39, 0.29) is 24.6 Å². The second kappa shape index (κ2) is 10.3. The molecule has 5 rings (SSSR count). The Labute approximate surface area is 214 Å². The molecule has 0 radical (unpaired) electrons. The summed E-state index contributed by atoms with van der Waals surface area (Å²) >= 11 is 0. The molecule has 0 bridgehead atoms. The largest absolute Gasteiger partial charge is 0.496 e. The zero-order chi connectivity index (χ0) is 25.3. The molecule has 1 N–H and O–H groups in total. The smallest absolute Gasteiger partial charge is 0.243 e. The first kappa shape index (κ1) is 25.0. The summed E-state index contributed by atoms with van der Waals surface area (Å²) in [6, 6.07) is 23.6. The van der Waals surface area contributed by atoms with E-state index in [1.54, 1.807) is 23.5 Å². The first-order valence-corrected chi connectivity index (χ1v) is 14.1. The van der Waals surface area contributed by atoms with Crippen LogP contribution in [0.25, 0.3) is 11.1 Å². The van der Waals surface area contributed by atoms with Crippen molar-refractivity contribution in [3.05, 3.63) is 83.9 Å². The first-order chi connectivity index (χ1) is 17.5. The standard InChI is InChI=1S/C29H34N2O4S/c1-21-9-3-6-12-28(21)36(33,34)30-17-7-8-18-31-25(19-30)29(26(31)20-32)23-15-13-22(14-16-23)24-10-4-5-11-27(24)35-2/h3-6,9-16,25-26,29,32H,7-8,17-20H2,1-2H3/t25-,26+,29-/m0/s1. The second-order valence-electron chi connectivity index (χ2n) is 9.74. The third kappa shape index (κ3) is 4.45. The molecule has 2 aliphatic heterocycles. The number of rotatable bonds is 6. The summed E-state index contributed by atoms with van der Waals surface area (Å²) in [6.07, 6.45) is 1.72. The average molecular weight is 507 g/mol. The summed E-state index contributed by atoms with van der Waals surface area (Å²) in [5.74, 6) is 0.889. The third-order valence-electron chi connectivity index (χ3n) is 7.76. The summed E-state index contributed by atoms with van der Waals surface area (Å²) < 4.78 is 34.5. The van der Waals surface area contributed by atoms with Gasteiger partial charge in [-0.3, -0.25) is 4.90 Å². The molecule has 2 heterocycles. The van der Waals surface area contributed by atoms with Crippen LogP contribution in [-0.4, -0.2) is 68.2 Å². The van der Waals surface area contributed by atoms with Crippen LogP contribution in [0.3, 0.4) is 0 Å². The van der Waals surface area contributed by atoms with Crippen molar-refractivity contribution in [1.82, 2.24) is 9.21 Å². The number of fused-ring (bicyclic) bond motifs is 1. The van der Waals surface area contributed by atoms with E-state index in [4.69, 9.17) is 4.74 Å². The maximum Gasteiger partial charge on any atom is 0.243 e. The Morgan fingerprint density at radius 3 is 2.36 bits per heavy atom. The molecular weight excluding hydrogens is 472 g/mol. The highest BCUT2D eigenvalue weighted by Gasteiger charge is 2.50. The zero-order valence-electron chi connectivity index (χ0n) is 20.9. The lowest BCUT2D eigenvalue weighted by atomic mass is 9.74. The van der Waals surface area contributed by atoms with Gasteiger partial charge in [-0.05, 0) is 55.1 Å². The van der Waals surface area contributed by atoms with Gasteiger partial charge in [0.25, 0.3) is 0 Å². The van der Waals surface area contributed by atoms with E-state index in [1.807, 2.05) is 43.3 Å². The molecule has 0 unspecified atom stereocenters. The van der Waals surface area contributed by atoms with Crippen LogP contribution in [0.2, 0.25) is 0 Å². The third-order valence-corrected chi connectivity index (χ3v) is 9.78. The van der Waals surface area contributed by atoms with E-state index >= 15 is 0 Å². The van der Waals surface area contributed by atoms with Gasteiger partial charge >= 0.3 is 0 Å². The summed E-state index contributed by atoms with van der Waals surface area (Å²) in [7, 11) is -1.93. The number of aliphatic hydroxyl groups excluding tert-OH is 1. The van der Waals surface area contributed by atoms with Gasteiger partial charge in [0, 0.05) is 36.7 Å². The van der Waals surface area contributed by atoms with Gasteiger partial charge in [0.2, 0.25) is 10.0 Å². The van der Waals surface area contributed by atoms with E-state index in [0.29, 0.717) is 18.0 Å². The maximum absolute atomic E-state index is 13.7. The van der Waals surface area contributed by atoms with E-state index in [9.17, 15) is 13.5 Å². The average Bonchev–Trinajstić information content (AvgIpc) is 2.88. The number of ether oxygens (including phenoxy) is 1. The molecule has 0 aliphatic carbocycles. The molecule has 3 atom stereocenters. The fourth-order valence-electron chi connectivity index (χ4n) is 5.88. The highest BCUT2D eigenvalue weighted by Crippen LogP contribution is 2.43. The molecule has 0 amide bonds. The zero-order valence-corrected chi connectivity index (χ0v) is 21.7. The number of para-hydroxylation sites is 1. The van der Waals surface area contributed by atoms with E-state index in [0.717, 1.165) is 47.4 Å². The van der Waals surface area contributed by atoms with Crippen LogP contribution >= 0.6 is 0 Å². The SMILES string of the molecule is COc1ccccc1-c1ccc([C@@H]2[C@@H](CO)N3CCCCN(S(=O)(=O)c4ccccc4C)C[C@@H]23)cc1. The van der Waals surface area contributed by atoms with Crippen molar-refractivity contribution in [2.75, 3.05) is 33.4 Å². The molecular formula is C29H34N2O4S. The Balaban J connectivity index is 1.44. The van der Waals surface area contributed by atoms with Crippen molar-refractivity contribution >= 4 is 10.0 Å². The van der Waals surface area contributed by atoms with E-state index in [2.05, 4.69) is 29.2 Å². The van der Waals surface area contributed by atoms with Gasteiger partial charge in [-0.2, -0.15) is 4.31 Å². The second-order valence-corrected chi connectivity index (χ2v) is 11.6. The van der Waals surface area contributed by atoms with Crippen LogP contribution in [0.15, 0.2) is 77.7 Å². The Kier molecular flexibility index (Phi) is 7.17. The molecule has 190 valence electrons. The fraction of sp³-hybridized carbons (Fsp3) is 0.379. The number of hydrogen-bond acceptors (Lipinski definition) is 5. The molecule has 36 heavy (non-hydrogen) atoms. The van der Waals surface area contributed by atoms with Gasteiger partial charge in [0.15, 0.2) is 0 Å². The highest BCUT2D eigenvalue weighted by atomic mass is 32.2. The predicted octanol–water partition coefficient (Wildman–Crippen LogP) is 4.28. The van der Waals surface area contributed by atoms with Crippen molar-refractivity contribution in [2.24, 2.45) is 0 Å². The minimum Gasteiger partial charge on any atom is -0.496 e. The maximum atomic E-state index is 13.7. The molecule has 0 aromatic heterocycles. The summed E-state index contributed by atoms with van der Waals surface area (Å²) in [6.45, 7) is 3.72.